The fourth-order valence-electron chi connectivity index (χ4n) is 1.25. The minimum atomic E-state index is -4.87. The second kappa shape index (κ2) is 4.73. The maximum Gasteiger partial charge on any atom is 0.573 e. The molecule has 0 amide bonds. The van der Waals surface area contributed by atoms with Crippen LogP contribution in [0.2, 0.25) is 0 Å². The Balaban J connectivity index is 3.24. The normalized spacial score (nSPS) is 12.5. The van der Waals surface area contributed by atoms with Crippen molar-refractivity contribution in [3.8, 4) is 5.75 Å². The average Bonchev–Trinajstić information content (AvgIpc) is 2.13. The first-order valence-electron chi connectivity index (χ1n) is 4.47. The predicted octanol–water partition coefficient (Wildman–Crippen LogP) is 3.08. The van der Waals surface area contributed by atoms with Gasteiger partial charge in [0.1, 0.15) is 5.75 Å². The summed E-state index contributed by atoms with van der Waals surface area (Å²) in [5, 5.41) is 0. The Kier molecular flexibility index (Phi) is 3.93. The van der Waals surface area contributed by atoms with Crippen LogP contribution in [-0.2, 0) is 15.5 Å². The molecule has 0 fully saturated rings. The topological polar surface area (TPSA) is 43.4 Å². The van der Waals surface area contributed by atoms with Gasteiger partial charge in [-0.1, -0.05) is 13.0 Å². The van der Waals surface area contributed by atoms with Crippen LogP contribution < -0.4 is 4.74 Å². The summed E-state index contributed by atoms with van der Waals surface area (Å²) in [6.07, 6.45) is -4.55. The Bertz CT molecular complexity index is 511. The molecular formula is C9H8ClF3O3S. The summed E-state index contributed by atoms with van der Waals surface area (Å²) in [7, 11) is 1.02. The van der Waals surface area contributed by atoms with Crippen LogP contribution in [0.1, 0.15) is 12.5 Å². The van der Waals surface area contributed by atoms with E-state index in [1.807, 2.05) is 0 Å². The Hall–Kier alpha value is -0.950. The van der Waals surface area contributed by atoms with Crippen LogP contribution in [0.3, 0.4) is 0 Å². The summed E-state index contributed by atoms with van der Waals surface area (Å²) in [5.41, 5.74) is 0.328. The predicted molar refractivity (Wildman–Crippen MR) is 55.5 cm³/mol. The van der Waals surface area contributed by atoms with E-state index in [0.29, 0.717) is 12.0 Å². The molecule has 1 aromatic rings. The molecule has 0 spiro atoms. The third-order valence-electron chi connectivity index (χ3n) is 1.92. The zero-order valence-corrected chi connectivity index (χ0v) is 10.2. The second-order valence-corrected chi connectivity index (χ2v) is 5.64. The van der Waals surface area contributed by atoms with Crippen molar-refractivity contribution in [3.63, 3.8) is 0 Å². The molecule has 0 aliphatic heterocycles. The Morgan fingerprint density at radius 3 is 2.35 bits per heavy atom. The SMILES string of the molecule is CCc1ccc(OC(F)(F)F)cc1S(=O)(=O)Cl. The minimum absolute atomic E-state index is 0.327. The van der Waals surface area contributed by atoms with E-state index in [9.17, 15) is 21.6 Å². The van der Waals surface area contributed by atoms with Crippen molar-refractivity contribution >= 4 is 19.7 Å². The second-order valence-electron chi connectivity index (χ2n) is 3.11. The lowest BCUT2D eigenvalue weighted by Gasteiger charge is -2.11. The van der Waals surface area contributed by atoms with Gasteiger partial charge in [0.15, 0.2) is 0 Å². The highest BCUT2D eigenvalue weighted by Crippen LogP contribution is 2.29. The van der Waals surface area contributed by atoms with Crippen molar-refractivity contribution in [2.75, 3.05) is 0 Å². The highest BCUT2D eigenvalue weighted by molar-refractivity contribution is 8.13. The van der Waals surface area contributed by atoms with Crippen LogP contribution in [0.4, 0.5) is 13.2 Å². The molecular weight excluding hydrogens is 281 g/mol. The third-order valence-corrected chi connectivity index (χ3v) is 3.32. The third kappa shape index (κ3) is 4.08. The van der Waals surface area contributed by atoms with E-state index in [1.165, 1.54) is 6.07 Å². The molecule has 0 saturated carbocycles. The molecule has 0 radical (unpaired) electrons. The van der Waals surface area contributed by atoms with Gasteiger partial charge in [-0.3, -0.25) is 0 Å². The molecule has 8 heteroatoms. The van der Waals surface area contributed by atoms with E-state index in [2.05, 4.69) is 4.74 Å². The van der Waals surface area contributed by atoms with E-state index < -0.39 is 21.2 Å². The lowest BCUT2D eigenvalue weighted by atomic mass is 10.2. The molecule has 0 unspecified atom stereocenters. The maximum absolute atomic E-state index is 11.9. The first kappa shape index (κ1) is 14.1. The van der Waals surface area contributed by atoms with Crippen molar-refractivity contribution in [2.45, 2.75) is 24.6 Å². The van der Waals surface area contributed by atoms with E-state index >= 15 is 0 Å². The number of halogens is 4. The van der Waals surface area contributed by atoms with Gasteiger partial charge in [-0.15, -0.1) is 13.2 Å². The van der Waals surface area contributed by atoms with Crippen molar-refractivity contribution in [1.82, 2.24) is 0 Å². The Morgan fingerprint density at radius 1 is 1.35 bits per heavy atom. The lowest BCUT2D eigenvalue weighted by Crippen LogP contribution is -2.17. The molecule has 96 valence electrons. The van der Waals surface area contributed by atoms with Crippen LogP contribution in [0, 0.1) is 0 Å². The summed E-state index contributed by atoms with van der Waals surface area (Å²) in [4.78, 5) is -0.372. The van der Waals surface area contributed by atoms with Gasteiger partial charge < -0.3 is 4.74 Å². The smallest absolute Gasteiger partial charge is 0.406 e. The molecule has 0 aromatic heterocycles. The first-order valence-corrected chi connectivity index (χ1v) is 6.77. The molecule has 0 saturated heterocycles. The molecule has 3 nitrogen and oxygen atoms in total. The van der Waals surface area contributed by atoms with Gasteiger partial charge in [0.2, 0.25) is 0 Å². The van der Waals surface area contributed by atoms with Gasteiger partial charge in [-0.2, -0.15) is 0 Å². The van der Waals surface area contributed by atoms with Crippen LogP contribution in [0.25, 0.3) is 0 Å². The molecule has 17 heavy (non-hydrogen) atoms. The molecule has 0 bridgehead atoms. The van der Waals surface area contributed by atoms with E-state index in [0.717, 1.165) is 12.1 Å². The molecule has 0 N–H and O–H groups in total. The van der Waals surface area contributed by atoms with E-state index in [4.69, 9.17) is 10.7 Å². The number of benzene rings is 1. The summed E-state index contributed by atoms with van der Waals surface area (Å²) < 4.78 is 61.8. The fourth-order valence-corrected chi connectivity index (χ4v) is 2.46. The summed E-state index contributed by atoms with van der Waals surface area (Å²) >= 11 is 0. The van der Waals surface area contributed by atoms with Crippen molar-refractivity contribution in [2.24, 2.45) is 0 Å². The summed E-state index contributed by atoms with van der Waals surface area (Å²) in [6.45, 7) is 1.66. The number of alkyl halides is 3. The van der Waals surface area contributed by atoms with Crippen molar-refractivity contribution in [3.05, 3.63) is 23.8 Å². The molecule has 0 aliphatic rings. The number of hydrogen-bond acceptors (Lipinski definition) is 3. The number of aryl methyl sites for hydroxylation is 1. The molecule has 1 rings (SSSR count). The van der Waals surface area contributed by atoms with Crippen LogP contribution in [0.5, 0.6) is 5.75 Å². The maximum atomic E-state index is 11.9. The molecule has 0 heterocycles. The fraction of sp³-hybridized carbons (Fsp3) is 0.333. The van der Waals surface area contributed by atoms with Gasteiger partial charge in [0.25, 0.3) is 9.05 Å². The average molecular weight is 289 g/mol. The van der Waals surface area contributed by atoms with E-state index in [1.54, 1.807) is 6.92 Å². The van der Waals surface area contributed by atoms with E-state index in [-0.39, 0.29) is 4.90 Å². The standard InChI is InChI=1S/C9H8ClF3O3S/c1-2-6-3-4-7(16-9(11,12)13)5-8(6)17(10,14)15/h3-5H,2H2,1H3. The van der Waals surface area contributed by atoms with Crippen molar-refractivity contribution in [1.29, 1.82) is 0 Å². The minimum Gasteiger partial charge on any atom is -0.406 e. The number of ether oxygens (including phenoxy) is 1. The first-order chi connectivity index (χ1) is 7.63. The molecule has 0 atom stereocenters. The largest absolute Gasteiger partial charge is 0.573 e. The quantitative estimate of drug-likeness (QED) is 0.803. The Labute approximate surface area is 101 Å². The van der Waals surface area contributed by atoms with Gasteiger partial charge in [0, 0.05) is 16.7 Å². The molecule has 1 aromatic carbocycles. The van der Waals surface area contributed by atoms with Gasteiger partial charge >= 0.3 is 6.36 Å². The van der Waals surface area contributed by atoms with Crippen LogP contribution in [-0.4, -0.2) is 14.8 Å². The van der Waals surface area contributed by atoms with Crippen molar-refractivity contribution < 1.29 is 26.3 Å². The van der Waals surface area contributed by atoms with Crippen LogP contribution >= 0.6 is 10.7 Å². The number of rotatable bonds is 3. The van der Waals surface area contributed by atoms with Gasteiger partial charge in [0.05, 0.1) is 4.90 Å². The monoisotopic (exact) mass is 288 g/mol. The molecule has 0 aliphatic carbocycles. The lowest BCUT2D eigenvalue weighted by molar-refractivity contribution is -0.274. The van der Waals surface area contributed by atoms with Crippen LogP contribution in [0.15, 0.2) is 23.1 Å². The Morgan fingerprint density at radius 2 is 1.94 bits per heavy atom. The zero-order valence-electron chi connectivity index (χ0n) is 8.58. The highest BCUT2D eigenvalue weighted by Gasteiger charge is 2.31. The van der Waals surface area contributed by atoms with Gasteiger partial charge in [-0.25, -0.2) is 8.42 Å². The number of hydrogen-bond donors (Lipinski definition) is 0. The summed E-state index contributed by atoms with van der Waals surface area (Å²) in [5.74, 6) is -0.617. The summed E-state index contributed by atoms with van der Waals surface area (Å²) in [6, 6.07) is 3.03. The zero-order chi connectivity index (χ0) is 13.3. The highest BCUT2D eigenvalue weighted by atomic mass is 35.7. The van der Waals surface area contributed by atoms with Gasteiger partial charge in [-0.05, 0) is 18.1 Å².